The molecule has 0 spiro atoms. The average Bonchev–Trinajstić information content (AvgIpc) is 2.53. The minimum atomic E-state index is -0.149. The van der Waals surface area contributed by atoms with E-state index in [0.29, 0.717) is 0 Å². The van der Waals surface area contributed by atoms with Crippen molar-refractivity contribution in [2.75, 3.05) is 25.0 Å². The molecule has 1 unspecified atom stereocenters. The number of likely N-dealkylation sites (tertiary alicyclic amines) is 1. The van der Waals surface area contributed by atoms with E-state index in [1.165, 1.54) is 0 Å². The molecular formula is C19H30N2O2. The van der Waals surface area contributed by atoms with Crippen LogP contribution in [0, 0.1) is 19.3 Å². The highest BCUT2D eigenvalue weighted by atomic mass is 16.3. The smallest absolute Gasteiger partial charge is 0.241 e. The molecule has 0 saturated carbocycles. The van der Waals surface area contributed by atoms with Gasteiger partial charge in [-0.05, 0) is 81.8 Å². The van der Waals surface area contributed by atoms with Gasteiger partial charge in [-0.1, -0.05) is 13.0 Å². The van der Waals surface area contributed by atoms with Gasteiger partial charge in [0.25, 0.3) is 0 Å². The van der Waals surface area contributed by atoms with E-state index in [1.54, 1.807) is 0 Å². The number of nitrogens with zero attached hydrogens (tertiary/aromatic N) is 1. The summed E-state index contributed by atoms with van der Waals surface area (Å²) >= 11 is 0. The number of anilines is 1. The largest absolute Gasteiger partial charge is 0.396 e. The lowest BCUT2D eigenvalue weighted by atomic mass is 9.76. The summed E-state index contributed by atoms with van der Waals surface area (Å²) in [4.78, 5) is 14.8. The van der Waals surface area contributed by atoms with Crippen LogP contribution in [0.25, 0.3) is 0 Å². The molecule has 1 fully saturated rings. The van der Waals surface area contributed by atoms with Gasteiger partial charge in [0, 0.05) is 12.3 Å². The molecule has 1 atom stereocenters. The van der Waals surface area contributed by atoms with Gasteiger partial charge in [-0.3, -0.25) is 9.69 Å². The molecule has 1 heterocycles. The third-order valence-corrected chi connectivity index (χ3v) is 5.36. The Bertz CT molecular complexity index is 522. The van der Waals surface area contributed by atoms with E-state index < -0.39 is 0 Å². The summed E-state index contributed by atoms with van der Waals surface area (Å²) in [5, 5.41) is 12.7. The van der Waals surface area contributed by atoms with E-state index in [0.717, 1.165) is 49.2 Å². The number of carbonyl (C=O) groups excluding carboxylic acids is 1. The van der Waals surface area contributed by atoms with Crippen LogP contribution in [0.2, 0.25) is 0 Å². The number of carbonyl (C=O) groups is 1. The van der Waals surface area contributed by atoms with E-state index >= 15 is 0 Å². The van der Waals surface area contributed by atoms with E-state index in [1.807, 2.05) is 32.9 Å². The normalized spacial score (nSPS) is 19.3. The van der Waals surface area contributed by atoms with Crippen molar-refractivity contribution in [3.63, 3.8) is 0 Å². The number of aryl methyl sites for hydroxylation is 2. The molecule has 0 aromatic heterocycles. The fourth-order valence-electron chi connectivity index (χ4n) is 3.47. The summed E-state index contributed by atoms with van der Waals surface area (Å²) in [6, 6.07) is 5.95. The molecule has 1 saturated heterocycles. The Kier molecular flexibility index (Phi) is 5.82. The lowest BCUT2D eigenvalue weighted by molar-refractivity contribution is -0.121. The molecule has 4 heteroatoms. The fourth-order valence-corrected chi connectivity index (χ4v) is 3.47. The molecule has 0 bridgehead atoms. The first-order chi connectivity index (χ1) is 10.9. The predicted molar refractivity (Wildman–Crippen MR) is 94.6 cm³/mol. The van der Waals surface area contributed by atoms with Gasteiger partial charge in [0.15, 0.2) is 0 Å². The van der Waals surface area contributed by atoms with Gasteiger partial charge in [-0.25, -0.2) is 0 Å². The first-order valence-corrected chi connectivity index (χ1v) is 8.63. The van der Waals surface area contributed by atoms with Crippen LogP contribution in [0.15, 0.2) is 18.2 Å². The van der Waals surface area contributed by atoms with Crippen molar-refractivity contribution in [1.29, 1.82) is 0 Å². The maximum absolute atomic E-state index is 12.5. The van der Waals surface area contributed by atoms with Crippen molar-refractivity contribution in [3.05, 3.63) is 29.3 Å². The van der Waals surface area contributed by atoms with Crippen LogP contribution in [0.5, 0.6) is 0 Å². The lowest BCUT2D eigenvalue weighted by Crippen LogP contribution is -2.49. The maximum atomic E-state index is 12.5. The van der Waals surface area contributed by atoms with Crippen LogP contribution in [-0.2, 0) is 4.79 Å². The van der Waals surface area contributed by atoms with Crippen LogP contribution < -0.4 is 5.32 Å². The van der Waals surface area contributed by atoms with Gasteiger partial charge in [0.05, 0.1) is 6.04 Å². The number of hydrogen-bond donors (Lipinski definition) is 2. The van der Waals surface area contributed by atoms with Crippen molar-refractivity contribution in [2.45, 2.75) is 53.0 Å². The SMILES string of the molecule is CCC1(CO)CCN(C(C)C(=O)Nc2cc(C)cc(C)c2)CC1. The number of rotatable bonds is 5. The van der Waals surface area contributed by atoms with Gasteiger partial charge in [0.2, 0.25) is 5.91 Å². The van der Waals surface area contributed by atoms with E-state index in [4.69, 9.17) is 0 Å². The maximum Gasteiger partial charge on any atom is 0.241 e. The Morgan fingerprint density at radius 3 is 2.30 bits per heavy atom. The van der Waals surface area contributed by atoms with Crippen molar-refractivity contribution in [3.8, 4) is 0 Å². The second kappa shape index (κ2) is 7.45. The molecule has 1 aromatic carbocycles. The zero-order valence-electron chi connectivity index (χ0n) is 14.9. The van der Waals surface area contributed by atoms with Gasteiger partial charge in [0.1, 0.15) is 0 Å². The lowest BCUT2D eigenvalue weighted by Gasteiger charge is -2.42. The predicted octanol–water partition coefficient (Wildman–Crippen LogP) is 3.11. The third kappa shape index (κ3) is 4.33. The summed E-state index contributed by atoms with van der Waals surface area (Å²) in [6.07, 6.45) is 2.92. The molecule has 1 amide bonds. The molecule has 4 nitrogen and oxygen atoms in total. The van der Waals surface area contributed by atoms with Gasteiger partial charge >= 0.3 is 0 Å². The first kappa shape index (κ1) is 18.0. The minimum absolute atomic E-state index is 0.0444. The topological polar surface area (TPSA) is 52.6 Å². The summed E-state index contributed by atoms with van der Waals surface area (Å²) in [5.41, 5.74) is 3.23. The molecule has 128 valence electrons. The monoisotopic (exact) mass is 318 g/mol. The van der Waals surface area contributed by atoms with Crippen LogP contribution in [-0.4, -0.2) is 41.7 Å². The van der Waals surface area contributed by atoms with E-state index in [-0.39, 0.29) is 24.0 Å². The summed E-state index contributed by atoms with van der Waals surface area (Å²) in [5.74, 6) is 0.0444. The quantitative estimate of drug-likeness (QED) is 0.877. The number of aliphatic hydroxyl groups is 1. The second-order valence-electron chi connectivity index (χ2n) is 7.09. The molecule has 2 rings (SSSR count). The Hall–Kier alpha value is -1.39. The molecule has 0 aliphatic carbocycles. The number of amides is 1. The Morgan fingerprint density at radius 2 is 1.83 bits per heavy atom. The average molecular weight is 318 g/mol. The Labute approximate surface area is 139 Å². The number of hydrogen-bond acceptors (Lipinski definition) is 3. The standard InChI is InChI=1S/C19H30N2O2/c1-5-19(13-22)6-8-21(9-7-19)16(4)18(23)20-17-11-14(2)10-15(3)12-17/h10-12,16,22H,5-9,13H2,1-4H3,(H,20,23). The molecule has 0 radical (unpaired) electrons. The summed E-state index contributed by atoms with van der Waals surface area (Å²) in [6.45, 7) is 10.2. The van der Waals surface area contributed by atoms with Crippen molar-refractivity contribution in [2.24, 2.45) is 5.41 Å². The van der Waals surface area contributed by atoms with E-state index in [2.05, 4.69) is 23.2 Å². The van der Waals surface area contributed by atoms with Crippen LogP contribution in [0.3, 0.4) is 0 Å². The number of benzene rings is 1. The number of piperidine rings is 1. The molecule has 1 aliphatic rings. The highest BCUT2D eigenvalue weighted by molar-refractivity contribution is 5.94. The second-order valence-corrected chi connectivity index (χ2v) is 7.09. The zero-order chi connectivity index (χ0) is 17.0. The molecular weight excluding hydrogens is 288 g/mol. The molecule has 1 aliphatic heterocycles. The van der Waals surface area contributed by atoms with Gasteiger partial charge < -0.3 is 10.4 Å². The van der Waals surface area contributed by atoms with Gasteiger partial charge in [-0.2, -0.15) is 0 Å². The first-order valence-electron chi connectivity index (χ1n) is 8.63. The Morgan fingerprint density at radius 1 is 1.26 bits per heavy atom. The number of nitrogens with one attached hydrogen (secondary N) is 1. The zero-order valence-corrected chi connectivity index (χ0v) is 14.9. The van der Waals surface area contributed by atoms with Crippen LogP contribution in [0.4, 0.5) is 5.69 Å². The fraction of sp³-hybridized carbons (Fsp3) is 0.632. The van der Waals surface area contributed by atoms with Crippen LogP contribution in [0.1, 0.15) is 44.2 Å². The van der Waals surface area contributed by atoms with Crippen LogP contribution >= 0.6 is 0 Å². The summed E-state index contributed by atoms with van der Waals surface area (Å²) in [7, 11) is 0. The van der Waals surface area contributed by atoms with Crippen molar-refractivity contribution in [1.82, 2.24) is 4.90 Å². The van der Waals surface area contributed by atoms with Gasteiger partial charge in [-0.15, -0.1) is 0 Å². The minimum Gasteiger partial charge on any atom is -0.396 e. The molecule has 1 aromatic rings. The van der Waals surface area contributed by atoms with Crippen molar-refractivity contribution >= 4 is 11.6 Å². The molecule has 2 N–H and O–H groups in total. The summed E-state index contributed by atoms with van der Waals surface area (Å²) < 4.78 is 0. The van der Waals surface area contributed by atoms with E-state index in [9.17, 15) is 9.90 Å². The third-order valence-electron chi connectivity index (χ3n) is 5.36. The highest BCUT2D eigenvalue weighted by Crippen LogP contribution is 2.34. The Balaban J connectivity index is 1.95. The van der Waals surface area contributed by atoms with Crippen molar-refractivity contribution < 1.29 is 9.90 Å². The number of aliphatic hydroxyl groups excluding tert-OH is 1. The molecule has 23 heavy (non-hydrogen) atoms. The highest BCUT2D eigenvalue weighted by Gasteiger charge is 2.35.